The van der Waals surface area contributed by atoms with E-state index in [4.69, 9.17) is 4.74 Å². The molecule has 1 fully saturated rings. The number of aromatic nitrogens is 2. The fraction of sp³-hybridized carbons (Fsp3) is 0.769. The molecule has 7 nitrogen and oxygen atoms in total. The molecule has 1 aromatic rings. The van der Waals surface area contributed by atoms with Crippen molar-refractivity contribution >= 4 is 11.5 Å². The second-order valence-electron chi connectivity index (χ2n) is 5.15. The van der Waals surface area contributed by atoms with Gasteiger partial charge in [-0.05, 0) is 33.1 Å². The van der Waals surface area contributed by atoms with Crippen LogP contribution in [0.25, 0.3) is 0 Å². The molecule has 1 aliphatic rings. The van der Waals surface area contributed by atoms with E-state index >= 15 is 0 Å². The van der Waals surface area contributed by atoms with E-state index in [1.165, 1.54) is 0 Å². The lowest BCUT2D eigenvalue weighted by atomic mass is 9.89. The molecular weight excluding hydrogens is 260 g/mol. The number of nitro groups is 1. The smallest absolute Gasteiger partial charge is 0.333 e. The number of aryl methyl sites for hydroxylation is 2. The molecule has 0 spiro atoms. The summed E-state index contributed by atoms with van der Waals surface area (Å²) in [6, 6.07) is 0.233. The molecule has 2 rings (SSSR count). The largest absolute Gasteiger partial charge is 0.378 e. The summed E-state index contributed by atoms with van der Waals surface area (Å²) in [5, 5.41) is 18.7. The topological polar surface area (TPSA) is 82.2 Å². The van der Waals surface area contributed by atoms with Gasteiger partial charge in [0.25, 0.3) is 0 Å². The summed E-state index contributed by atoms with van der Waals surface area (Å²) >= 11 is 0. The first-order chi connectivity index (χ1) is 9.56. The highest BCUT2D eigenvalue weighted by molar-refractivity contribution is 5.60. The van der Waals surface area contributed by atoms with Crippen molar-refractivity contribution in [2.75, 3.05) is 11.9 Å². The van der Waals surface area contributed by atoms with E-state index in [9.17, 15) is 10.1 Å². The maximum absolute atomic E-state index is 11.2. The van der Waals surface area contributed by atoms with Gasteiger partial charge in [0.1, 0.15) is 5.69 Å². The molecular formula is C13H22N4O3. The number of anilines is 1. The van der Waals surface area contributed by atoms with Crippen LogP contribution in [0.2, 0.25) is 0 Å². The Hall–Kier alpha value is -1.63. The first-order valence-corrected chi connectivity index (χ1v) is 7.16. The molecule has 20 heavy (non-hydrogen) atoms. The third kappa shape index (κ3) is 2.92. The van der Waals surface area contributed by atoms with Crippen LogP contribution in [0.15, 0.2) is 0 Å². The lowest BCUT2D eigenvalue weighted by Gasteiger charge is -2.35. The molecule has 112 valence electrons. The van der Waals surface area contributed by atoms with Gasteiger partial charge in [0.15, 0.2) is 0 Å². The Kier molecular flexibility index (Phi) is 4.59. The first kappa shape index (κ1) is 14.8. The number of hydrogen-bond donors (Lipinski definition) is 1. The number of nitrogens with zero attached hydrogens (tertiary/aromatic N) is 3. The predicted molar refractivity (Wildman–Crippen MR) is 76.0 cm³/mol. The fourth-order valence-corrected chi connectivity index (χ4v) is 2.56. The third-order valence-electron chi connectivity index (χ3n) is 3.55. The first-order valence-electron chi connectivity index (χ1n) is 7.16. The van der Waals surface area contributed by atoms with Crippen molar-refractivity contribution in [3.05, 3.63) is 15.8 Å². The molecule has 7 heteroatoms. The van der Waals surface area contributed by atoms with E-state index < -0.39 is 0 Å². The van der Waals surface area contributed by atoms with Gasteiger partial charge in [-0.15, -0.1) is 0 Å². The van der Waals surface area contributed by atoms with E-state index in [1.54, 1.807) is 11.6 Å². The van der Waals surface area contributed by atoms with Crippen molar-refractivity contribution in [3.8, 4) is 0 Å². The molecule has 0 atom stereocenters. The Morgan fingerprint density at radius 3 is 2.75 bits per heavy atom. The Morgan fingerprint density at radius 2 is 2.20 bits per heavy atom. The minimum absolute atomic E-state index is 0.0957. The molecule has 0 bridgehead atoms. The summed E-state index contributed by atoms with van der Waals surface area (Å²) in [6.07, 6.45) is 2.95. The lowest BCUT2D eigenvalue weighted by molar-refractivity contribution is -0.384. The second-order valence-corrected chi connectivity index (χ2v) is 5.15. The third-order valence-corrected chi connectivity index (χ3v) is 3.55. The second kappa shape index (κ2) is 6.21. The summed E-state index contributed by atoms with van der Waals surface area (Å²) in [7, 11) is 0. The fourth-order valence-electron chi connectivity index (χ4n) is 2.56. The van der Waals surface area contributed by atoms with Crippen molar-refractivity contribution in [1.82, 2.24) is 9.78 Å². The van der Waals surface area contributed by atoms with Crippen molar-refractivity contribution < 1.29 is 9.66 Å². The minimum atomic E-state index is -0.352. The zero-order valence-corrected chi connectivity index (χ0v) is 12.3. The Morgan fingerprint density at radius 1 is 1.50 bits per heavy atom. The highest BCUT2D eigenvalue weighted by Crippen LogP contribution is 2.33. The number of ether oxygens (including phenoxy) is 1. The zero-order chi connectivity index (χ0) is 14.7. The monoisotopic (exact) mass is 282 g/mol. The van der Waals surface area contributed by atoms with Crippen molar-refractivity contribution in [3.63, 3.8) is 0 Å². The van der Waals surface area contributed by atoms with Gasteiger partial charge in [-0.25, -0.2) is 4.68 Å². The number of rotatable bonds is 7. The maximum Gasteiger partial charge on any atom is 0.333 e. The van der Waals surface area contributed by atoms with Gasteiger partial charge in [-0.3, -0.25) is 10.1 Å². The van der Waals surface area contributed by atoms with Crippen molar-refractivity contribution in [2.24, 2.45) is 0 Å². The van der Waals surface area contributed by atoms with Crippen LogP contribution in [-0.2, 0) is 11.3 Å². The van der Waals surface area contributed by atoms with E-state index in [0.717, 1.165) is 19.3 Å². The van der Waals surface area contributed by atoms with Crippen molar-refractivity contribution in [1.29, 1.82) is 0 Å². The van der Waals surface area contributed by atoms with Gasteiger partial charge in [0.2, 0.25) is 5.82 Å². The van der Waals surface area contributed by atoms with Gasteiger partial charge in [-0.1, -0.05) is 6.92 Å². The van der Waals surface area contributed by atoms with E-state index in [-0.39, 0.29) is 22.8 Å². The zero-order valence-electron chi connectivity index (χ0n) is 12.3. The molecule has 1 heterocycles. The number of nitrogens with one attached hydrogen (secondary N) is 1. The highest BCUT2D eigenvalue weighted by Gasteiger charge is 2.33. The molecule has 0 amide bonds. The van der Waals surface area contributed by atoms with Gasteiger partial charge in [0, 0.05) is 19.2 Å². The summed E-state index contributed by atoms with van der Waals surface area (Å²) in [5.41, 5.74) is 0.560. The van der Waals surface area contributed by atoms with Crippen molar-refractivity contribution in [2.45, 2.75) is 58.7 Å². The molecule has 1 saturated carbocycles. The van der Waals surface area contributed by atoms with Gasteiger partial charge in [0.05, 0.1) is 11.0 Å². The summed E-state index contributed by atoms with van der Waals surface area (Å²) in [4.78, 5) is 10.9. The molecule has 1 aromatic heterocycles. The quantitative estimate of drug-likeness (QED) is 0.613. The number of hydrogen-bond acceptors (Lipinski definition) is 5. The van der Waals surface area contributed by atoms with E-state index in [1.807, 2.05) is 13.8 Å². The van der Waals surface area contributed by atoms with Crippen LogP contribution in [0.3, 0.4) is 0 Å². The van der Waals surface area contributed by atoms with Crippen LogP contribution < -0.4 is 5.32 Å². The van der Waals surface area contributed by atoms with Crippen LogP contribution in [0.4, 0.5) is 11.5 Å². The molecule has 1 N–H and O–H groups in total. The lowest BCUT2D eigenvalue weighted by Crippen LogP contribution is -2.41. The van der Waals surface area contributed by atoms with Gasteiger partial charge >= 0.3 is 5.69 Å². The van der Waals surface area contributed by atoms with Crippen LogP contribution in [0, 0.1) is 17.0 Å². The molecule has 0 saturated heterocycles. The SMILES string of the molecule is CCCn1nc(C)c([N+](=O)[O-])c1NC1CC(OCC)C1. The van der Waals surface area contributed by atoms with Crippen LogP contribution in [-0.4, -0.2) is 33.5 Å². The van der Waals surface area contributed by atoms with Gasteiger partial charge < -0.3 is 10.1 Å². The van der Waals surface area contributed by atoms with Crippen LogP contribution in [0.5, 0.6) is 0 Å². The van der Waals surface area contributed by atoms with E-state index in [2.05, 4.69) is 10.4 Å². The molecule has 0 radical (unpaired) electrons. The van der Waals surface area contributed by atoms with Gasteiger partial charge in [-0.2, -0.15) is 5.10 Å². The predicted octanol–water partition coefficient (Wildman–Crippen LogP) is 2.49. The average molecular weight is 282 g/mol. The Bertz CT molecular complexity index is 480. The Balaban J connectivity index is 2.11. The minimum Gasteiger partial charge on any atom is -0.378 e. The van der Waals surface area contributed by atoms with Crippen LogP contribution in [0.1, 0.15) is 38.8 Å². The summed E-state index contributed by atoms with van der Waals surface area (Å²) < 4.78 is 7.22. The maximum atomic E-state index is 11.2. The highest BCUT2D eigenvalue weighted by atomic mass is 16.6. The molecule has 0 unspecified atom stereocenters. The average Bonchev–Trinajstić information content (AvgIpc) is 2.63. The van der Waals surface area contributed by atoms with Crippen LogP contribution >= 0.6 is 0 Å². The molecule has 0 aliphatic heterocycles. The standard InChI is InChI=1S/C13H22N4O3/c1-4-6-16-13(12(17(18)19)9(3)15-16)14-10-7-11(8-10)20-5-2/h10-11,14H,4-8H2,1-3H3. The Labute approximate surface area is 118 Å². The normalized spacial score (nSPS) is 21.6. The molecule has 1 aliphatic carbocycles. The molecule has 0 aromatic carbocycles. The summed E-state index contributed by atoms with van der Waals surface area (Å²) in [6.45, 7) is 7.08. The summed E-state index contributed by atoms with van der Waals surface area (Å²) in [5.74, 6) is 0.536. The van der Waals surface area contributed by atoms with E-state index in [0.29, 0.717) is 24.7 Å².